The van der Waals surface area contributed by atoms with Crippen molar-refractivity contribution in [1.82, 2.24) is 4.90 Å². The van der Waals surface area contributed by atoms with Crippen LogP contribution in [0, 0.1) is 0 Å². The molecule has 146 valence electrons. The van der Waals surface area contributed by atoms with Gasteiger partial charge in [0.25, 0.3) is 0 Å². The van der Waals surface area contributed by atoms with Crippen LogP contribution in [0.4, 0.5) is 0 Å². The summed E-state index contributed by atoms with van der Waals surface area (Å²) in [5.41, 5.74) is 2.68. The zero-order chi connectivity index (χ0) is 19.8. The van der Waals surface area contributed by atoms with E-state index in [0.29, 0.717) is 30.3 Å². The van der Waals surface area contributed by atoms with Crippen molar-refractivity contribution >= 4 is 23.5 Å². The maximum atomic E-state index is 12.7. The molecular weight excluding hydrogens is 390 g/mol. The molecule has 2 aliphatic heterocycles. The molecule has 0 unspecified atom stereocenters. The van der Waals surface area contributed by atoms with Gasteiger partial charge < -0.3 is 13.9 Å². The second-order valence-corrected chi connectivity index (χ2v) is 7.51. The van der Waals surface area contributed by atoms with Crippen LogP contribution < -0.4 is 9.47 Å². The van der Waals surface area contributed by atoms with Gasteiger partial charge in [0.2, 0.25) is 5.78 Å². The summed E-state index contributed by atoms with van der Waals surface area (Å²) in [4.78, 5) is 14.9. The van der Waals surface area contributed by atoms with Crippen molar-refractivity contribution in [3.8, 4) is 11.5 Å². The van der Waals surface area contributed by atoms with Crippen LogP contribution >= 0.6 is 11.6 Å². The summed E-state index contributed by atoms with van der Waals surface area (Å²) in [5.74, 6) is 2.05. The zero-order valence-corrected chi connectivity index (χ0v) is 16.3. The predicted octanol–water partition coefficient (Wildman–Crippen LogP) is 4.94. The molecule has 0 radical (unpaired) electrons. The van der Waals surface area contributed by atoms with Gasteiger partial charge >= 0.3 is 0 Å². The van der Waals surface area contributed by atoms with E-state index in [-0.39, 0.29) is 11.5 Å². The van der Waals surface area contributed by atoms with Crippen molar-refractivity contribution in [2.45, 2.75) is 13.0 Å². The molecule has 2 aromatic carbocycles. The smallest absolute Gasteiger partial charge is 0.232 e. The lowest BCUT2D eigenvalue weighted by Crippen LogP contribution is -2.33. The number of rotatable bonds is 4. The Morgan fingerprint density at radius 1 is 1.10 bits per heavy atom. The average molecular weight is 408 g/mol. The largest absolute Gasteiger partial charge is 0.478 e. The summed E-state index contributed by atoms with van der Waals surface area (Å²) >= 11 is 5.96. The lowest BCUT2D eigenvalue weighted by molar-refractivity contribution is 0.0950. The van der Waals surface area contributed by atoms with Crippen molar-refractivity contribution in [3.05, 3.63) is 88.0 Å². The first-order valence-electron chi connectivity index (χ1n) is 9.40. The molecule has 0 amide bonds. The van der Waals surface area contributed by atoms with Crippen LogP contribution in [-0.2, 0) is 13.0 Å². The predicted molar refractivity (Wildman–Crippen MR) is 109 cm³/mol. The lowest BCUT2D eigenvalue weighted by atomic mass is 10.0. The number of halogens is 1. The van der Waals surface area contributed by atoms with Gasteiger partial charge in [-0.05, 0) is 48.4 Å². The Labute approximate surface area is 173 Å². The number of carbonyl (C=O) groups excluding carboxylic acids is 1. The molecule has 0 aliphatic carbocycles. The molecule has 0 bridgehead atoms. The number of Topliss-reactive ketones (excluding diaryl/α,β-unsaturated/α-hetero) is 1. The number of carbonyl (C=O) groups is 1. The lowest BCUT2D eigenvalue weighted by Gasteiger charge is -2.29. The topological polar surface area (TPSA) is 51.9 Å². The molecule has 5 nitrogen and oxygen atoms in total. The molecular formula is C23H18ClNO4. The summed E-state index contributed by atoms with van der Waals surface area (Å²) in [6.07, 6.45) is 4.07. The van der Waals surface area contributed by atoms with Gasteiger partial charge in [-0.1, -0.05) is 23.7 Å². The van der Waals surface area contributed by atoms with Crippen LogP contribution in [0.2, 0.25) is 5.02 Å². The Balaban J connectivity index is 1.35. The second-order valence-electron chi connectivity index (χ2n) is 7.08. The van der Waals surface area contributed by atoms with Gasteiger partial charge in [-0.3, -0.25) is 9.69 Å². The van der Waals surface area contributed by atoms with Crippen molar-refractivity contribution in [2.24, 2.45) is 0 Å². The maximum absolute atomic E-state index is 12.7. The van der Waals surface area contributed by atoms with E-state index in [1.165, 1.54) is 5.56 Å². The van der Waals surface area contributed by atoms with Crippen LogP contribution in [0.5, 0.6) is 11.5 Å². The Morgan fingerprint density at radius 2 is 1.97 bits per heavy atom. The molecule has 6 heteroatoms. The van der Waals surface area contributed by atoms with Gasteiger partial charge in [0.15, 0.2) is 5.76 Å². The zero-order valence-electron chi connectivity index (χ0n) is 15.6. The summed E-state index contributed by atoms with van der Waals surface area (Å²) in [6.45, 7) is 1.99. The Morgan fingerprint density at radius 3 is 2.76 bits per heavy atom. The number of furan rings is 1. The number of benzene rings is 2. The molecule has 3 heterocycles. The molecule has 3 aromatic rings. The monoisotopic (exact) mass is 407 g/mol. The Kier molecular flexibility index (Phi) is 4.62. The van der Waals surface area contributed by atoms with Gasteiger partial charge in [-0.25, -0.2) is 0 Å². The minimum atomic E-state index is -0.141. The van der Waals surface area contributed by atoms with Crippen molar-refractivity contribution in [3.63, 3.8) is 0 Å². The number of allylic oxidation sites excluding steroid dienone is 1. The standard InChI is InChI=1S/C23H18ClNO4/c24-16-5-3-15(4-6-16)9-10-25-13-19-20(28-14-25)8-7-18-22(26)21(29-23(18)19)12-17-2-1-11-27-17/h1-8,11-12H,9-10,13-14H2/b21-12-. The second kappa shape index (κ2) is 7.43. The van der Waals surface area contributed by atoms with E-state index in [1.807, 2.05) is 30.3 Å². The summed E-state index contributed by atoms with van der Waals surface area (Å²) in [7, 11) is 0. The number of fused-ring (bicyclic) bond motifs is 3. The van der Waals surface area contributed by atoms with Crippen LogP contribution in [0.3, 0.4) is 0 Å². The van der Waals surface area contributed by atoms with Gasteiger partial charge in [-0.15, -0.1) is 0 Å². The molecule has 5 rings (SSSR count). The van der Waals surface area contributed by atoms with Crippen molar-refractivity contribution in [2.75, 3.05) is 13.3 Å². The fraction of sp³-hybridized carbons (Fsp3) is 0.174. The minimum absolute atomic E-state index is 0.141. The van der Waals surface area contributed by atoms with Gasteiger partial charge in [0, 0.05) is 24.2 Å². The first-order chi connectivity index (χ1) is 14.2. The Bertz CT molecular complexity index is 1090. The highest BCUT2D eigenvalue weighted by atomic mass is 35.5. The highest BCUT2D eigenvalue weighted by molar-refractivity contribution is 6.30. The third-order valence-corrected chi connectivity index (χ3v) is 5.38. The van der Waals surface area contributed by atoms with Gasteiger partial charge in [0.1, 0.15) is 24.0 Å². The van der Waals surface area contributed by atoms with Crippen LogP contribution in [-0.4, -0.2) is 24.0 Å². The van der Waals surface area contributed by atoms with Crippen LogP contribution in [0.25, 0.3) is 6.08 Å². The number of ether oxygens (including phenoxy) is 2. The molecule has 0 atom stereocenters. The third-order valence-electron chi connectivity index (χ3n) is 5.13. The number of nitrogens with zero attached hydrogens (tertiary/aromatic N) is 1. The molecule has 0 saturated carbocycles. The molecule has 0 N–H and O–H groups in total. The number of ketones is 1. The van der Waals surface area contributed by atoms with E-state index in [4.69, 9.17) is 25.5 Å². The quantitative estimate of drug-likeness (QED) is 0.573. The van der Waals surface area contributed by atoms with E-state index in [9.17, 15) is 4.79 Å². The highest BCUT2D eigenvalue weighted by Crippen LogP contribution is 2.42. The highest BCUT2D eigenvalue weighted by Gasteiger charge is 2.33. The van der Waals surface area contributed by atoms with E-state index < -0.39 is 0 Å². The molecule has 2 aliphatic rings. The SMILES string of the molecule is O=C1/C(=C/c2ccco2)Oc2c1ccc1c2CN(CCc2ccc(Cl)cc2)CO1. The summed E-state index contributed by atoms with van der Waals surface area (Å²) in [6, 6.07) is 15.0. The van der Waals surface area contributed by atoms with Crippen LogP contribution in [0.15, 0.2) is 65.0 Å². The normalized spacial score (nSPS) is 17.0. The van der Waals surface area contributed by atoms with Gasteiger partial charge in [0.05, 0.1) is 17.4 Å². The van der Waals surface area contributed by atoms with Crippen molar-refractivity contribution < 1.29 is 18.7 Å². The molecule has 0 fully saturated rings. The third kappa shape index (κ3) is 3.55. The molecule has 1 aromatic heterocycles. The van der Waals surface area contributed by atoms with E-state index in [0.717, 1.165) is 29.3 Å². The molecule has 0 spiro atoms. The number of hydrogen-bond acceptors (Lipinski definition) is 5. The summed E-state index contributed by atoms with van der Waals surface area (Å²) in [5, 5.41) is 0.736. The fourth-order valence-electron chi connectivity index (χ4n) is 3.59. The van der Waals surface area contributed by atoms with E-state index in [2.05, 4.69) is 4.90 Å². The first-order valence-corrected chi connectivity index (χ1v) is 9.78. The summed E-state index contributed by atoms with van der Waals surface area (Å²) < 4.78 is 17.2. The van der Waals surface area contributed by atoms with Crippen LogP contribution in [0.1, 0.15) is 27.2 Å². The van der Waals surface area contributed by atoms with E-state index >= 15 is 0 Å². The fourth-order valence-corrected chi connectivity index (χ4v) is 3.71. The Hall–Kier alpha value is -3.02. The van der Waals surface area contributed by atoms with Crippen molar-refractivity contribution in [1.29, 1.82) is 0 Å². The molecule has 0 saturated heterocycles. The number of hydrogen-bond donors (Lipinski definition) is 0. The first kappa shape index (κ1) is 18.0. The van der Waals surface area contributed by atoms with E-state index in [1.54, 1.807) is 30.5 Å². The maximum Gasteiger partial charge on any atom is 0.232 e. The molecule has 29 heavy (non-hydrogen) atoms. The van der Waals surface area contributed by atoms with Gasteiger partial charge in [-0.2, -0.15) is 0 Å². The minimum Gasteiger partial charge on any atom is -0.478 e. The average Bonchev–Trinajstić information content (AvgIpc) is 3.36.